The number of benzene rings is 3. The Bertz CT molecular complexity index is 1150. The molecule has 0 unspecified atom stereocenters. The van der Waals surface area contributed by atoms with E-state index in [4.69, 9.17) is 16.6 Å². The van der Waals surface area contributed by atoms with Crippen LogP contribution >= 0.6 is 11.6 Å². The fraction of sp³-hybridized carbons (Fsp3) is 0.200. The first-order chi connectivity index (χ1) is 14.5. The summed E-state index contributed by atoms with van der Waals surface area (Å²) in [5, 5.41) is 0.706. The van der Waals surface area contributed by atoms with Crippen LogP contribution in [0.1, 0.15) is 25.2 Å². The van der Waals surface area contributed by atoms with Crippen LogP contribution in [0.4, 0.5) is 5.69 Å². The fourth-order valence-electron chi connectivity index (χ4n) is 3.75. The normalized spacial score (nSPS) is 11.2. The molecule has 4 aromatic rings. The number of rotatable bonds is 6. The summed E-state index contributed by atoms with van der Waals surface area (Å²) < 4.78 is 2.03. The Labute approximate surface area is 181 Å². The van der Waals surface area contributed by atoms with Crippen LogP contribution in [0.3, 0.4) is 0 Å². The predicted octanol–water partition coefficient (Wildman–Crippen LogP) is 5.72. The molecule has 152 valence electrons. The van der Waals surface area contributed by atoms with Gasteiger partial charge in [-0.2, -0.15) is 0 Å². The molecule has 0 aliphatic carbocycles. The van der Waals surface area contributed by atoms with Crippen LogP contribution in [0.2, 0.25) is 5.02 Å². The standard InChI is InChI=1S/C25H24ClN3O/c1-18(2)29(21-8-4-3-5-9-21)25(30)17-28-23-11-7-6-10-22(23)27-24(28)16-19-12-14-20(26)15-13-19/h3-15,18H,16-17H2,1-2H3. The molecule has 0 aliphatic heterocycles. The number of fused-ring (bicyclic) bond motifs is 1. The number of carbonyl (C=O) groups is 1. The van der Waals surface area contributed by atoms with Gasteiger partial charge in [-0.25, -0.2) is 4.98 Å². The lowest BCUT2D eigenvalue weighted by Crippen LogP contribution is -2.39. The Kier molecular flexibility index (Phi) is 5.86. The first-order valence-corrected chi connectivity index (χ1v) is 10.5. The van der Waals surface area contributed by atoms with Crippen molar-refractivity contribution in [3.05, 3.63) is 95.3 Å². The van der Waals surface area contributed by atoms with Crippen molar-refractivity contribution in [1.29, 1.82) is 0 Å². The highest BCUT2D eigenvalue weighted by Crippen LogP contribution is 2.22. The molecule has 1 heterocycles. The molecule has 0 fully saturated rings. The van der Waals surface area contributed by atoms with Gasteiger partial charge < -0.3 is 9.47 Å². The van der Waals surface area contributed by atoms with Gasteiger partial charge in [-0.3, -0.25) is 4.79 Å². The van der Waals surface area contributed by atoms with E-state index < -0.39 is 0 Å². The number of anilines is 1. The molecule has 0 spiro atoms. The van der Waals surface area contributed by atoms with E-state index >= 15 is 0 Å². The van der Waals surface area contributed by atoms with E-state index in [9.17, 15) is 4.79 Å². The molecule has 0 atom stereocenters. The topological polar surface area (TPSA) is 38.1 Å². The Balaban J connectivity index is 1.70. The molecule has 0 N–H and O–H groups in total. The maximum atomic E-state index is 13.4. The number of imidazole rings is 1. The molecule has 4 nitrogen and oxygen atoms in total. The molecule has 3 aromatic carbocycles. The van der Waals surface area contributed by atoms with Crippen LogP contribution in [0.15, 0.2) is 78.9 Å². The third-order valence-electron chi connectivity index (χ3n) is 5.12. The van der Waals surface area contributed by atoms with Gasteiger partial charge in [0, 0.05) is 23.2 Å². The lowest BCUT2D eigenvalue weighted by molar-refractivity contribution is -0.119. The third-order valence-corrected chi connectivity index (χ3v) is 5.37. The van der Waals surface area contributed by atoms with Crippen molar-refractivity contribution < 1.29 is 4.79 Å². The van der Waals surface area contributed by atoms with E-state index in [-0.39, 0.29) is 18.5 Å². The summed E-state index contributed by atoms with van der Waals surface area (Å²) >= 11 is 6.03. The van der Waals surface area contributed by atoms with Crippen molar-refractivity contribution in [2.75, 3.05) is 4.90 Å². The molecule has 0 saturated heterocycles. The highest BCUT2D eigenvalue weighted by molar-refractivity contribution is 6.30. The molecule has 5 heteroatoms. The number of halogens is 1. The maximum absolute atomic E-state index is 13.4. The van der Waals surface area contributed by atoms with Gasteiger partial charge in [0.15, 0.2) is 0 Å². The van der Waals surface area contributed by atoms with Gasteiger partial charge in [0.2, 0.25) is 5.91 Å². The van der Waals surface area contributed by atoms with Crippen LogP contribution in [0, 0.1) is 0 Å². The summed E-state index contributed by atoms with van der Waals surface area (Å²) in [6.45, 7) is 4.30. The Hall–Kier alpha value is -3.11. The van der Waals surface area contributed by atoms with Crippen LogP contribution in [0.5, 0.6) is 0 Å². The average Bonchev–Trinajstić information content (AvgIpc) is 3.07. The van der Waals surface area contributed by atoms with Gasteiger partial charge in [0.1, 0.15) is 12.4 Å². The largest absolute Gasteiger partial charge is 0.318 e. The molecular formula is C25H24ClN3O. The lowest BCUT2D eigenvalue weighted by Gasteiger charge is -2.27. The molecule has 1 aromatic heterocycles. The molecule has 1 amide bonds. The third kappa shape index (κ3) is 4.24. The highest BCUT2D eigenvalue weighted by atomic mass is 35.5. The number of para-hydroxylation sites is 3. The maximum Gasteiger partial charge on any atom is 0.247 e. The van der Waals surface area contributed by atoms with Crippen molar-refractivity contribution in [2.45, 2.75) is 32.9 Å². The van der Waals surface area contributed by atoms with Crippen LogP contribution in [-0.2, 0) is 17.8 Å². The molecule has 0 saturated carbocycles. The number of hydrogen-bond donors (Lipinski definition) is 0. The van der Waals surface area contributed by atoms with Crippen LogP contribution in [-0.4, -0.2) is 21.5 Å². The van der Waals surface area contributed by atoms with Crippen LogP contribution in [0.25, 0.3) is 11.0 Å². The highest BCUT2D eigenvalue weighted by Gasteiger charge is 2.22. The first kappa shape index (κ1) is 20.2. The Morgan fingerprint density at radius 3 is 2.33 bits per heavy atom. The van der Waals surface area contributed by atoms with Crippen molar-refractivity contribution >= 4 is 34.2 Å². The van der Waals surface area contributed by atoms with E-state index in [1.54, 1.807) is 0 Å². The van der Waals surface area contributed by atoms with Crippen molar-refractivity contribution in [1.82, 2.24) is 9.55 Å². The number of carbonyl (C=O) groups excluding carboxylic acids is 1. The quantitative estimate of drug-likeness (QED) is 0.402. The summed E-state index contributed by atoms with van der Waals surface area (Å²) in [5.74, 6) is 0.903. The van der Waals surface area contributed by atoms with E-state index in [1.165, 1.54) is 0 Å². The van der Waals surface area contributed by atoms with Crippen molar-refractivity contribution in [2.24, 2.45) is 0 Å². The molecule has 0 radical (unpaired) electrons. The molecular weight excluding hydrogens is 394 g/mol. The zero-order chi connectivity index (χ0) is 21.1. The minimum atomic E-state index is 0.0386. The molecule has 0 bridgehead atoms. The summed E-state index contributed by atoms with van der Waals surface area (Å²) in [4.78, 5) is 20.1. The molecule has 0 aliphatic rings. The summed E-state index contributed by atoms with van der Waals surface area (Å²) in [6, 6.07) is 25.6. The fourth-order valence-corrected chi connectivity index (χ4v) is 3.88. The monoisotopic (exact) mass is 417 g/mol. The minimum absolute atomic E-state index is 0.0386. The number of hydrogen-bond acceptors (Lipinski definition) is 2. The smallest absolute Gasteiger partial charge is 0.247 e. The zero-order valence-corrected chi connectivity index (χ0v) is 17.9. The summed E-state index contributed by atoms with van der Waals surface area (Å²) in [5.41, 5.74) is 3.87. The van der Waals surface area contributed by atoms with Gasteiger partial charge in [0.25, 0.3) is 0 Å². The van der Waals surface area contributed by atoms with Gasteiger partial charge >= 0.3 is 0 Å². The summed E-state index contributed by atoms with van der Waals surface area (Å²) in [7, 11) is 0. The SMILES string of the molecule is CC(C)N(C(=O)Cn1c(Cc2ccc(Cl)cc2)nc2ccccc21)c1ccccc1. The molecule has 30 heavy (non-hydrogen) atoms. The number of aromatic nitrogens is 2. The van der Waals surface area contributed by atoms with Crippen molar-refractivity contribution in [3.63, 3.8) is 0 Å². The van der Waals surface area contributed by atoms with Gasteiger partial charge in [0.05, 0.1) is 11.0 Å². The van der Waals surface area contributed by atoms with Crippen molar-refractivity contribution in [3.8, 4) is 0 Å². The van der Waals surface area contributed by atoms with Gasteiger partial charge in [-0.15, -0.1) is 0 Å². The Morgan fingerprint density at radius 1 is 0.967 bits per heavy atom. The second kappa shape index (κ2) is 8.72. The second-order valence-electron chi connectivity index (χ2n) is 7.60. The van der Waals surface area contributed by atoms with E-state index in [1.807, 2.05) is 102 Å². The number of nitrogens with zero attached hydrogens (tertiary/aromatic N) is 3. The molecule has 4 rings (SSSR count). The second-order valence-corrected chi connectivity index (χ2v) is 8.04. The van der Waals surface area contributed by atoms with Gasteiger partial charge in [-0.1, -0.05) is 54.1 Å². The predicted molar refractivity (Wildman–Crippen MR) is 123 cm³/mol. The van der Waals surface area contributed by atoms with E-state index in [0.29, 0.717) is 11.4 Å². The average molecular weight is 418 g/mol. The van der Waals surface area contributed by atoms with Crippen LogP contribution < -0.4 is 4.90 Å². The van der Waals surface area contributed by atoms with E-state index in [0.717, 1.165) is 28.1 Å². The minimum Gasteiger partial charge on any atom is -0.318 e. The first-order valence-electron chi connectivity index (χ1n) is 10.1. The zero-order valence-electron chi connectivity index (χ0n) is 17.1. The van der Waals surface area contributed by atoms with Gasteiger partial charge in [-0.05, 0) is 55.8 Å². The van der Waals surface area contributed by atoms with E-state index in [2.05, 4.69) is 0 Å². The lowest BCUT2D eigenvalue weighted by atomic mass is 10.1. The Morgan fingerprint density at radius 2 is 1.63 bits per heavy atom. The summed E-state index contributed by atoms with van der Waals surface area (Å²) in [6.07, 6.45) is 0.631. The number of amides is 1.